The van der Waals surface area contributed by atoms with E-state index in [2.05, 4.69) is 13.0 Å². The SMILES string of the molecule is CCCCC[C@H](O)/C=C/[C@@H]1[C@H](CCCCCCC(=O)O)[C@H]2CO[C@@H]1C2. The minimum absolute atomic E-state index is 0.295. The van der Waals surface area contributed by atoms with Crippen molar-refractivity contribution < 1.29 is 19.7 Å². The molecule has 4 nitrogen and oxygen atoms in total. The van der Waals surface area contributed by atoms with Crippen LogP contribution in [-0.2, 0) is 9.53 Å². The van der Waals surface area contributed by atoms with E-state index < -0.39 is 5.97 Å². The first kappa shape index (κ1) is 20.4. The average Bonchev–Trinajstić information content (AvgIpc) is 3.17. The van der Waals surface area contributed by atoms with Crippen LogP contribution in [0.25, 0.3) is 0 Å². The van der Waals surface area contributed by atoms with Crippen molar-refractivity contribution >= 4 is 5.97 Å². The van der Waals surface area contributed by atoms with Crippen LogP contribution < -0.4 is 0 Å². The molecule has 5 atom stereocenters. The Hall–Kier alpha value is -0.870. The number of rotatable bonds is 13. The zero-order valence-corrected chi connectivity index (χ0v) is 15.7. The van der Waals surface area contributed by atoms with Gasteiger partial charge in [0, 0.05) is 12.3 Å². The van der Waals surface area contributed by atoms with Crippen molar-refractivity contribution in [3.05, 3.63) is 12.2 Å². The van der Waals surface area contributed by atoms with Crippen molar-refractivity contribution in [2.45, 2.75) is 89.8 Å². The fourth-order valence-electron chi connectivity index (χ4n) is 4.50. The molecule has 2 rings (SSSR count). The summed E-state index contributed by atoms with van der Waals surface area (Å²) in [5.74, 6) is 1.12. The smallest absolute Gasteiger partial charge is 0.303 e. The Labute approximate surface area is 152 Å². The molecule has 2 fully saturated rings. The van der Waals surface area contributed by atoms with Crippen LogP contribution in [0.3, 0.4) is 0 Å². The molecule has 2 N–H and O–H groups in total. The second-order valence-corrected chi connectivity index (χ2v) is 7.90. The van der Waals surface area contributed by atoms with Gasteiger partial charge in [0.15, 0.2) is 0 Å². The molecule has 0 radical (unpaired) electrons. The molecule has 0 unspecified atom stereocenters. The number of carboxylic acids is 1. The van der Waals surface area contributed by atoms with Crippen LogP contribution >= 0.6 is 0 Å². The van der Waals surface area contributed by atoms with Crippen LogP contribution in [0, 0.1) is 17.8 Å². The quantitative estimate of drug-likeness (QED) is 0.377. The average molecular weight is 353 g/mol. The van der Waals surface area contributed by atoms with Crippen LogP contribution in [-0.4, -0.2) is 35.0 Å². The van der Waals surface area contributed by atoms with Crippen molar-refractivity contribution in [3.8, 4) is 0 Å². The van der Waals surface area contributed by atoms with Gasteiger partial charge in [0.05, 0.1) is 18.8 Å². The van der Waals surface area contributed by atoms with Crippen LogP contribution in [0.2, 0.25) is 0 Å². The van der Waals surface area contributed by atoms with E-state index in [9.17, 15) is 9.90 Å². The number of carbonyl (C=O) groups is 1. The fraction of sp³-hybridized carbons (Fsp3) is 0.857. The van der Waals surface area contributed by atoms with Gasteiger partial charge in [0.25, 0.3) is 0 Å². The number of aliphatic hydroxyl groups is 1. The van der Waals surface area contributed by atoms with E-state index in [-0.39, 0.29) is 6.10 Å². The number of carboxylic acid groups (broad SMARTS) is 1. The first-order chi connectivity index (χ1) is 12.1. The molecule has 144 valence electrons. The molecule has 0 amide bonds. The number of aliphatic carboxylic acids is 1. The van der Waals surface area contributed by atoms with Crippen molar-refractivity contribution in [1.29, 1.82) is 0 Å². The topological polar surface area (TPSA) is 66.8 Å². The summed E-state index contributed by atoms with van der Waals surface area (Å²) in [6, 6.07) is 0. The second kappa shape index (κ2) is 11.0. The van der Waals surface area contributed by atoms with E-state index in [4.69, 9.17) is 9.84 Å². The normalized spacial score (nSPS) is 29.5. The van der Waals surface area contributed by atoms with Crippen LogP contribution in [0.1, 0.15) is 77.6 Å². The van der Waals surface area contributed by atoms with Gasteiger partial charge in [-0.25, -0.2) is 0 Å². The molecule has 25 heavy (non-hydrogen) atoms. The van der Waals surface area contributed by atoms with Gasteiger partial charge in [0.1, 0.15) is 0 Å². The lowest BCUT2D eigenvalue weighted by atomic mass is 9.83. The highest BCUT2D eigenvalue weighted by Gasteiger charge is 2.46. The molecule has 4 heteroatoms. The number of unbranched alkanes of at least 4 members (excludes halogenated alkanes) is 5. The van der Waals surface area contributed by atoms with Gasteiger partial charge in [-0.15, -0.1) is 0 Å². The molecule has 0 aromatic rings. The van der Waals surface area contributed by atoms with Crippen LogP contribution in [0.15, 0.2) is 12.2 Å². The molecule has 0 aromatic heterocycles. The van der Waals surface area contributed by atoms with Crippen molar-refractivity contribution in [2.75, 3.05) is 6.61 Å². The zero-order chi connectivity index (χ0) is 18.1. The number of aliphatic hydroxyl groups excluding tert-OH is 1. The highest BCUT2D eigenvalue weighted by Crippen LogP contribution is 2.47. The van der Waals surface area contributed by atoms with Crippen molar-refractivity contribution in [3.63, 3.8) is 0 Å². The molecular weight excluding hydrogens is 316 g/mol. The lowest BCUT2D eigenvalue weighted by Crippen LogP contribution is -2.28. The number of hydrogen-bond donors (Lipinski definition) is 2. The van der Waals surface area contributed by atoms with Gasteiger partial charge >= 0.3 is 5.97 Å². The predicted molar refractivity (Wildman–Crippen MR) is 99.5 cm³/mol. The molecule has 0 aromatic carbocycles. The molecule has 1 saturated carbocycles. The number of fused-ring (bicyclic) bond motifs is 2. The van der Waals surface area contributed by atoms with Gasteiger partial charge < -0.3 is 14.9 Å². The van der Waals surface area contributed by atoms with E-state index in [1.807, 2.05) is 6.08 Å². The molecule has 1 heterocycles. The van der Waals surface area contributed by atoms with E-state index in [0.717, 1.165) is 38.7 Å². The highest BCUT2D eigenvalue weighted by atomic mass is 16.5. The van der Waals surface area contributed by atoms with Gasteiger partial charge in [-0.3, -0.25) is 4.79 Å². The Balaban J connectivity index is 1.71. The summed E-state index contributed by atoms with van der Waals surface area (Å²) in [6.45, 7) is 3.08. The minimum Gasteiger partial charge on any atom is -0.481 e. The van der Waals surface area contributed by atoms with Gasteiger partial charge in [0.2, 0.25) is 0 Å². The van der Waals surface area contributed by atoms with E-state index >= 15 is 0 Å². The molecule has 1 aliphatic heterocycles. The Kier molecular flexibility index (Phi) is 8.97. The maximum Gasteiger partial charge on any atom is 0.303 e. The molecule has 1 aliphatic carbocycles. The van der Waals surface area contributed by atoms with E-state index in [1.54, 1.807) is 0 Å². The Bertz CT molecular complexity index is 420. The highest BCUT2D eigenvalue weighted by molar-refractivity contribution is 5.66. The van der Waals surface area contributed by atoms with Crippen LogP contribution in [0.4, 0.5) is 0 Å². The molecule has 1 saturated heterocycles. The maximum absolute atomic E-state index is 10.5. The summed E-state index contributed by atoms with van der Waals surface area (Å²) in [6.07, 6.45) is 15.4. The Morgan fingerprint density at radius 1 is 1.20 bits per heavy atom. The Morgan fingerprint density at radius 3 is 2.76 bits per heavy atom. The minimum atomic E-state index is -0.687. The maximum atomic E-state index is 10.5. The van der Waals surface area contributed by atoms with Crippen molar-refractivity contribution in [1.82, 2.24) is 0 Å². The fourth-order valence-corrected chi connectivity index (χ4v) is 4.50. The number of hydrogen-bond acceptors (Lipinski definition) is 3. The lowest BCUT2D eigenvalue weighted by molar-refractivity contribution is -0.137. The Morgan fingerprint density at radius 2 is 2.00 bits per heavy atom. The standard InChI is InChI=1S/C21H36O4/c1-2-3-6-9-17(22)12-13-19-18(16-14-20(19)25-15-16)10-7-4-5-8-11-21(23)24/h12-13,16-20,22H,2-11,14-15H2,1H3,(H,23,24)/b13-12+/t16-,17+,18-,19-,20-/m1/s1. The van der Waals surface area contributed by atoms with Crippen LogP contribution in [0.5, 0.6) is 0 Å². The monoisotopic (exact) mass is 352 g/mol. The van der Waals surface area contributed by atoms with Gasteiger partial charge in [-0.2, -0.15) is 0 Å². The summed E-state index contributed by atoms with van der Waals surface area (Å²) in [5, 5.41) is 18.8. The van der Waals surface area contributed by atoms with Gasteiger partial charge in [-0.1, -0.05) is 57.6 Å². The predicted octanol–water partition coefficient (Wildman–Crippen LogP) is 4.56. The summed E-state index contributed by atoms with van der Waals surface area (Å²) >= 11 is 0. The number of ether oxygens (including phenoxy) is 1. The summed E-state index contributed by atoms with van der Waals surface area (Å²) < 4.78 is 5.90. The molecule has 2 aliphatic rings. The third kappa shape index (κ3) is 6.74. The molecule has 2 bridgehead atoms. The first-order valence-corrected chi connectivity index (χ1v) is 10.3. The van der Waals surface area contributed by atoms with E-state index in [1.165, 1.54) is 32.1 Å². The summed E-state index contributed by atoms with van der Waals surface area (Å²) in [7, 11) is 0. The molecular formula is C21H36O4. The zero-order valence-electron chi connectivity index (χ0n) is 15.7. The third-order valence-electron chi connectivity index (χ3n) is 5.93. The second-order valence-electron chi connectivity index (χ2n) is 7.90. The van der Waals surface area contributed by atoms with E-state index in [0.29, 0.717) is 30.3 Å². The van der Waals surface area contributed by atoms with Gasteiger partial charge in [-0.05, 0) is 37.5 Å². The van der Waals surface area contributed by atoms with Crippen molar-refractivity contribution in [2.24, 2.45) is 17.8 Å². The first-order valence-electron chi connectivity index (χ1n) is 10.3. The largest absolute Gasteiger partial charge is 0.481 e. The third-order valence-corrected chi connectivity index (χ3v) is 5.93. The lowest BCUT2D eigenvalue weighted by Gasteiger charge is -2.29. The molecule has 0 spiro atoms. The summed E-state index contributed by atoms with van der Waals surface area (Å²) in [5.41, 5.74) is 0. The summed E-state index contributed by atoms with van der Waals surface area (Å²) in [4.78, 5) is 10.5.